The normalized spacial score (nSPS) is 20.3. The van der Waals surface area contributed by atoms with Crippen LogP contribution in [0, 0.1) is 5.41 Å². The molecule has 0 aliphatic carbocycles. The Labute approximate surface area is 97.5 Å². The lowest BCUT2D eigenvalue weighted by Gasteiger charge is -2.21. The van der Waals surface area contributed by atoms with E-state index in [0.29, 0.717) is 13.2 Å². The zero-order chi connectivity index (χ0) is 11.5. The summed E-state index contributed by atoms with van der Waals surface area (Å²) in [5, 5.41) is 14.2. The van der Waals surface area contributed by atoms with Crippen LogP contribution in [-0.2, 0) is 4.74 Å². The van der Waals surface area contributed by atoms with Gasteiger partial charge < -0.3 is 9.64 Å². The second-order valence-electron chi connectivity index (χ2n) is 3.49. The van der Waals surface area contributed by atoms with Crippen LogP contribution in [-0.4, -0.2) is 37.0 Å². The van der Waals surface area contributed by atoms with Gasteiger partial charge in [0.1, 0.15) is 11.9 Å². The monoisotopic (exact) mass is 239 g/mol. The molecule has 6 heteroatoms. The number of ether oxygens (including phenoxy) is 1. The number of carbonyl (C=O) groups excluding carboxylic acids is 1. The molecule has 1 aliphatic heterocycles. The van der Waals surface area contributed by atoms with Crippen LogP contribution in [0.15, 0.2) is 16.8 Å². The summed E-state index contributed by atoms with van der Waals surface area (Å²) in [7, 11) is 1.60. The van der Waals surface area contributed by atoms with E-state index < -0.39 is 0 Å². The number of rotatable bonds is 4. The van der Waals surface area contributed by atoms with Gasteiger partial charge in [0.15, 0.2) is 0 Å². The lowest BCUT2D eigenvalue weighted by Crippen LogP contribution is -2.32. The predicted molar refractivity (Wildman–Crippen MR) is 61.9 cm³/mol. The zero-order valence-corrected chi connectivity index (χ0v) is 9.71. The number of urea groups is 1. The molecule has 2 heterocycles. The third-order valence-electron chi connectivity index (χ3n) is 2.48. The van der Waals surface area contributed by atoms with Gasteiger partial charge in [-0.05, 0) is 22.4 Å². The molecule has 1 saturated heterocycles. The van der Waals surface area contributed by atoms with Crippen LogP contribution in [0.4, 0.5) is 4.79 Å². The Balaban J connectivity index is 2.19. The summed E-state index contributed by atoms with van der Waals surface area (Å²) in [5.41, 5.74) is 0.976. The van der Waals surface area contributed by atoms with E-state index in [4.69, 9.17) is 10.1 Å². The van der Waals surface area contributed by atoms with Crippen molar-refractivity contribution in [3.63, 3.8) is 0 Å². The maximum atomic E-state index is 11.6. The second-order valence-corrected chi connectivity index (χ2v) is 4.27. The molecule has 0 bridgehead atoms. The first-order valence-electron chi connectivity index (χ1n) is 4.91. The highest BCUT2D eigenvalue weighted by atomic mass is 32.1. The van der Waals surface area contributed by atoms with Gasteiger partial charge in [0.05, 0.1) is 6.61 Å². The first-order chi connectivity index (χ1) is 7.74. The van der Waals surface area contributed by atoms with E-state index in [1.807, 2.05) is 16.8 Å². The smallest absolute Gasteiger partial charge is 0.323 e. The molecule has 86 valence electrons. The summed E-state index contributed by atoms with van der Waals surface area (Å²) in [4.78, 5) is 13.2. The van der Waals surface area contributed by atoms with Crippen LogP contribution in [0.2, 0.25) is 0 Å². The van der Waals surface area contributed by atoms with E-state index in [1.54, 1.807) is 23.3 Å². The Morgan fingerprint density at radius 2 is 2.50 bits per heavy atom. The molecular weight excluding hydrogens is 226 g/mol. The Morgan fingerprint density at radius 1 is 1.69 bits per heavy atom. The van der Waals surface area contributed by atoms with Crippen molar-refractivity contribution in [3.8, 4) is 0 Å². The van der Waals surface area contributed by atoms with Crippen LogP contribution >= 0.6 is 11.3 Å². The minimum Gasteiger partial charge on any atom is -0.383 e. The number of thiophene rings is 1. The van der Waals surface area contributed by atoms with Gasteiger partial charge in [-0.15, -0.1) is 0 Å². The van der Waals surface area contributed by atoms with Crippen molar-refractivity contribution < 1.29 is 9.53 Å². The standard InChI is InChI=1S/C10H13N3O2S/c1-15-4-3-13-8(7-2-5-16-6-7)9(11)12-10(13)14/h2,5-6,8H,3-4H2,1H3,(H2,11,12,14). The number of methoxy groups -OCH3 is 1. The van der Waals surface area contributed by atoms with Crippen LogP contribution < -0.4 is 5.32 Å². The van der Waals surface area contributed by atoms with E-state index in [9.17, 15) is 4.79 Å². The molecule has 16 heavy (non-hydrogen) atoms. The number of nitrogens with one attached hydrogen (secondary N) is 2. The van der Waals surface area contributed by atoms with Gasteiger partial charge >= 0.3 is 6.03 Å². The molecule has 1 fully saturated rings. The fraction of sp³-hybridized carbons (Fsp3) is 0.400. The molecule has 1 aliphatic rings. The molecule has 1 aromatic heterocycles. The average molecular weight is 239 g/mol. The van der Waals surface area contributed by atoms with Crippen molar-refractivity contribution in [3.05, 3.63) is 22.4 Å². The van der Waals surface area contributed by atoms with Gasteiger partial charge in [-0.25, -0.2) is 4.79 Å². The molecule has 2 rings (SSSR count). The van der Waals surface area contributed by atoms with Gasteiger partial charge in [0.25, 0.3) is 0 Å². The maximum absolute atomic E-state index is 11.6. The Kier molecular flexibility index (Phi) is 3.21. The molecule has 0 spiro atoms. The average Bonchev–Trinajstić information content (AvgIpc) is 2.83. The molecule has 5 nitrogen and oxygen atoms in total. The van der Waals surface area contributed by atoms with E-state index in [0.717, 1.165) is 5.56 Å². The minimum atomic E-state index is -0.283. The molecule has 0 saturated carbocycles. The maximum Gasteiger partial charge on any atom is 0.323 e. The van der Waals surface area contributed by atoms with Crippen molar-refractivity contribution >= 4 is 23.2 Å². The van der Waals surface area contributed by atoms with Gasteiger partial charge in [0.2, 0.25) is 0 Å². The zero-order valence-electron chi connectivity index (χ0n) is 8.90. The Morgan fingerprint density at radius 3 is 3.12 bits per heavy atom. The van der Waals surface area contributed by atoms with Gasteiger partial charge in [-0.3, -0.25) is 10.7 Å². The quantitative estimate of drug-likeness (QED) is 0.835. The number of hydrogen-bond acceptors (Lipinski definition) is 4. The summed E-state index contributed by atoms with van der Waals surface area (Å²) in [6.07, 6.45) is 0. The highest BCUT2D eigenvalue weighted by molar-refractivity contribution is 7.08. The molecule has 2 amide bonds. The highest BCUT2D eigenvalue weighted by Gasteiger charge is 2.36. The number of nitrogens with zero attached hydrogens (tertiary/aromatic N) is 1. The second kappa shape index (κ2) is 4.63. The SMILES string of the molecule is COCCN1C(=O)NC(=N)C1c1ccsc1. The minimum absolute atomic E-state index is 0.224. The van der Waals surface area contributed by atoms with Crippen molar-refractivity contribution in [2.45, 2.75) is 6.04 Å². The summed E-state index contributed by atoms with van der Waals surface area (Å²) in [6, 6.07) is 1.43. The molecule has 2 N–H and O–H groups in total. The van der Waals surface area contributed by atoms with Crippen molar-refractivity contribution in [2.75, 3.05) is 20.3 Å². The molecule has 0 aromatic carbocycles. The van der Waals surface area contributed by atoms with Crippen molar-refractivity contribution in [1.29, 1.82) is 5.41 Å². The third kappa shape index (κ3) is 1.94. The lowest BCUT2D eigenvalue weighted by atomic mass is 10.1. The fourth-order valence-electron chi connectivity index (χ4n) is 1.73. The first kappa shape index (κ1) is 11.1. The number of carbonyl (C=O) groups is 1. The van der Waals surface area contributed by atoms with Crippen molar-refractivity contribution in [1.82, 2.24) is 10.2 Å². The number of hydrogen-bond donors (Lipinski definition) is 2. The van der Waals surface area contributed by atoms with Crippen molar-refractivity contribution in [2.24, 2.45) is 0 Å². The van der Waals surface area contributed by atoms with Crippen LogP contribution in [0.1, 0.15) is 11.6 Å². The van der Waals surface area contributed by atoms with Crippen LogP contribution in [0.5, 0.6) is 0 Å². The Bertz CT molecular complexity index is 391. The molecule has 1 atom stereocenters. The summed E-state index contributed by atoms with van der Waals surface area (Å²) >= 11 is 1.56. The summed E-state index contributed by atoms with van der Waals surface area (Å²) < 4.78 is 4.96. The van der Waals surface area contributed by atoms with Crippen LogP contribution in [0.3, 0.4) is 0 Å². The van der Waals surface area contributed by atoms with Gasteiger partial charge in [0, 0.05) is 13.7 Å². The summed E-state index contributed by atoms with van der Waals surface area (Å²) in [5.74, 6) is 0.236. The van der Waals surface area contributed by atoms with E-state index >= 15 is 0 Å². The van der Waals surface area contributed by atoms with Gasteiger partial charge in [-0.2, -0.15) is 11.3 Å². The Hall–Kier alpha value is -1.40. The van der Waals surface area contributed by atoms with E-state index in [-0.39, 0.29) is 17.9 Å². The first-order valence-corrected chi connectivity index (χ1v) is 5.85. The highest BCUT2D eigenvalue weighted by Crippen LogP contribution is 2.27. The summed E-state index contributed by atoms with van der Waals surface area (Å²) in [6.45, 7) is 0.965. The third-order valence-corrected chi connectivity index (χ3v) is 3.18. The largest absolute Gasteiger partial charge is 0.383 e. The van der Waals surface area contributed by atoms with E-state index in [2.05, 4.69) is 5.32 Å². The fourth-order valence-corrected chi connectivity index (χ4v) is 2.40. The molecule has 1 unspecified atom stereocenters. The van der Waals surface area contributed by atoms with E-state index in [1.165, 1.54) is 0 Å². The lowest BCUT2D eigenvalue weighted by molar-refractivity contribution is 0.151. The number of amidine groups is 1. The molecule has 1 aromatic rings. The van der Waals surface area contributed by atoms with Gasteiger partial charge in [-0.1, -0.05) is 0 Å². The molecular formula is C10H13N3O2S. The topological polar surface area (TPSA) is 65.4 Å². The number of amides is 2. The van der Waals surface area contributed by atoms with Crippen LogP contribution in [0.25, 0.3) is 0 Å². The molecule has 0 radical (unpaired) electrons. The predicted octanol–water partition coefficient (Wildman–Crippen LogP) is 1.44.